The van der Waals surface area contributed by atoms with Crippen LogP contribution in [0.4, 0.5) is 0 Å². The molecule has 0 spiro atoms. The van der Waals surface area contributed by atoms with E-state index >= 15 is 0 Å². The minimum absolute atomic E-state index is 0.154. The summed E-state index contributed by atoms with van der Waals surface area (Å²) in [6, 6.07) is 9.43. The molecule has 3 heterocycles. The van der Waals surface area contributed by atoms with Crippen LogP contribution in [-0.2, 0) is 30.8 Å². The van der Waals surface area contributed by atoms with Crippen LogP contribution < -0.4 is 16.6 Å². The van der Waals surface area contributed by atoms with E-state index in [1.54, 1.807) is 11.5 Å². The first-order valence-corrected chi connectivity index (χ1v) is 10.0. The molecule has 1 N–H and O–H groups in total. The fourth-order valence-corrected chi connectivity index (χ4v) is 3.73. The topological polar surface area (TPSA) is 112 Å². The van der Waals surface area contributed by atoms with Gasteiger partial charge in [0.05, 0.1) is 0 Å². The summed E-state index contributed by atoms with van der Waals surface area (Å²) >= 11 is 0. The van der Waals surface area contributed by atoms with Crippen molar-refractivity contribution in [3.63, 3.8) is 0 Å². The molecule has 9 nitrogen and oxygen atoms in total. The van der Waals surface area contributed by atoms with Crippen molar-refractivity contribution in [3.05, 3.63) is 68.3 Å². The van der Waals surface area contributed by atoms with Crippen LogP contribution in [0.3, 0.4) is 0 Å². The highest BCUT2D eigenvalue weighted by Gasteiger charge is 2.25. The van der Waals surface area contributed by atoms with Gasteiger partial charge in [-0.3, -0.25) is 18.7 Å². The SMILES string of the molecule is Cc1nc(-c2c3n(c(=O)n(CC(=O)NCc4ccccc4)c2=O)CCCCC3)no1. The zero-order chi connectivity index (χ0) is 21.1. The molecule has 3 aromatic rings. The molecule has 0 saturated carbocycles. The number of fused-ring (bicyclic) bond motifs is 1. The highest BCUT2D eigenvalue weighted by molar-refractivity contribution is 5.75. The van der Waals surface area contributed by atoms with Crippen molar-refractivity contribution >= 4 is 5.91 Å². The Morgan fingerprint density at radius 2 is 1.97 bits per heavy atom. The van der Waals surface area contributed by atoms with Crippen LogP contribution in [0.1, 0.15) is 36.4 Å². The second kappa shape index (κ2) is 8.48. The van der Waals surface area contributed by atoms with Crippen molar-refractivity contribution < 1.29 is 9.32 Å². The Kier molecular flexibility index (Phi) is 5.60. The Morgan fingerprint density at radius 3 is 2.70 bits per heavy atom. The van der Waals surface area contributed by atoms with Gasteiger partial charge in [-0.2, -0.15) is 4.98 Å². The zero-order valence-corrected chi connectivity index (χ0v) is 16.8. The molecule has 2 aromatic heterocycles. The smallest absolute Gasteiger partial charge is 0.331 e. The molecular formula is C21H23N5O4. The Bertz CT molecular complexity index is 1180. The maximum Gasteiger partial charge on any atom is 0.331 e. The number of aromatic nitrogens is 4. The fourth-order valence-electron chi connectivity index (χ4n) is 3.73. The summed E-state index contributed by atoms with van der Waals surface area (Å²) in [5, 5.41) is 6.66. The zero-order valence-electron chi connectivity index (χ0n) is 16.8. The average Bonchev–Trinajstić information content (AvgIpc) is 3.02. The predicted octanol–water partition coefficient (Wildman–Crippen LogP) is 1.41. The normalized spacial score (nSPS) is 13.5. The first-order chi connectivity index (χ1) is 14.5. The first kappa shape index (κ1) is 19.8. The van der Waals surface area contributed by atoms with Gasteiger partial charge in [-0.1, -0.05) is 41.9 Å². The molecule has 0 radical (unpaired) electrons. The summed E-state index contributed by atoms with van der Waals surface area (Å²) < 4.78 is 7.61. The third-order valence-corrected chi connectivity index (χ3v) is 5.22. The van der Waals surface area contributed by atoms with E-state index in [0.717, 1.165) is 29.4 Å². The number of carbonyl (C=O) groups is 1. The van der Waals surface area contributed by atoms with Crippen LogP contribution in [0.25, 0.3) is 11.4 Å². The quantitative estimate of drug-likeness (QED) is 0.682. The third kappa shape index (κ3) is 3.96. The number of benzene rings is 1. The van der Waals surface area contributed by atoms with E-state index in [9.17, 15) is 14.4 Å². The fraction of sp³-hybridized carbons (Fsp3) is 0.381. The summed E-state index contributed by atoms with van der Waals surface area (Å²) in [5.74, 6) is 0.0687. The number of nitrogens with one attached hydrogen (secondary N) is 1. The van der Waals surface area contributed by atoms with E-state index in [0.29, 0.717) is 31.1 Å². The van der Waals surface area contributed by atoms with Crippen molar-refractivity contribution in [3.8, 4) is 11.4 Å². The third-order valence-electron chi connectivity index (χ3n) is 5.22. The molecule has 1 aliphatic heterocycles. The lowest BCUT2D eigenvalue weighted by molar-refractivity contribution is -0.121. The van der Waals surface area contributed by atoms with Crippen LogP contribution in [0, 0.1) is 6.92 Å². The van der Waals surface area contributed by atoms with E-state index in [2.05, 4.69) is 15.5 Å². The van der Waals surface area contributed by atoms with Gasteiger partial charge in [-0.25, -0.2) is 4.79 Å². The highest BCUT2D eigenvalue weighted by Crippen LogP contribution is 2.21. The second-order valence-electron chi connectivity index (χ2n) is 7.36. The van der Waals surface area contributed by atoms with Crippen molar-refractivity contribution in [1.29, 1.82) is 0 Å². The Hall–Kier alpha value is -3.49. The largest absolute Gasteiger partial charge is 0.350 e. The molecule has 156 valence electrons. The highest BCUT2D eigenvalue weighted by atomic mass is 16.5. The molecule has 30 heavy (non-hydrogen) atoms. The van der Waals surface area contributed by atoms with Crippen molar-refractivity contribution in [2.75, 3.05) is 0 Å². The van der Waals surface area contributed by atoms with Gasteiger partial charge in [-0.15, -0.1) is 0 Å². The van der Waals surface area contributed by atoms with Gasteiger partial charge in [0, 0.05) is 25.7 Å². The molecule has 1 amide bonds. The van der Waals surface area contributed by atoms with Gasteiger partial charge in [0.1, 0.15) is 12.1 Å². The van der Waals surface area contributed by atoms with E-state index < -0.39 is 17.2 Å². The van der Waals surface area contributed by atoms with E-state index in [1.165, 1.54) is 0 Å². The first-order valence-electron chi connectivity index (χ1n) is 10.0. The Labute approximate surface area is 172 Å². The number of hydrogen-bond donors (Lipinski definition) is 1. The average molecular weight is 409 g/mol. The minimum Gasteiger partial charge on any atom is -0.350 e. The van der Waals surface area contributed by atoms with E-state index in [-0.39, 0.29) is 17.9 Å². The maximum absolute atomic E-state index is 13.2. The molecule has 0 fully saturated rings. The van der Waals surface area contributed by atoms with Crippen molar-refractivity contribution in [2.45, 2.75) is 52.2 Å². The summed E-state index contributed by atoms with van der Waals surface area (Å²) in [6.45, 7) is 2.08. The van der Waals surface area contributed by atoms with Gasteiger partial charge in [-0.05, 0) is 24.8 Å². The summed E-state index contributed by atoms with van der Waals surface area (Å²) in [5.41, 5.74) is 0.743. The number of nitrogens with zero attached hydrogens (tertiary/aromatic N) is 4. The van der Waals surface area contributed by atoms with Crippen LogP contribution in [0.15, 0.2) is 44.4 Å². The molecular weight excluding hydrogens is 386 g/mol. The Morgan fingerprint density at radius 1 is 1.17 bits per heavy atom. The number of hydrogen-bond acceptors (Lipinski definition) is 6. The van der Waals surface area contributed by atoms with Crippen LogP contribution >= 0.6 is 0 Å². The van der Waals surface area contributed by atoms with Gasteiger partial charge in [0.2, 0.25) is 17.6 Å². The number of rotatable bonds is 5. The molecule has 0 bridgehead atoms. The monoisotopic (exact) mass is 409 g/mol. The van der Waals surface area contributed by atoms with Crippen LogP contribution in [0.2, 0.25) is 0 Å². The predicted molar refractivity (Wildman–Crippen MR) is 109 cm³/mol. The molecule has 0 atom stereocenters. The Balaban J connectivity index is 1.71. The lowest BCUT2D eigenvalue weighted by Gasteiger charge is -2.16. The van der Waals surface area contributed by atoms with Crippen LogP contribution in [-0.4, -0.2) is 25.2 Å². The molecule has 1 aromatic carbocycles. The van der Waals surface area contributed by atoms with Crippen molar-refractivity contribution in [1.82, 2.24) is 24.6 Å². The molecule has 0 aliphatic carbocycles. The summed E-state index contributed by atoms with van der Waals surface area (Å²) in [4.78, 5) is 43.0. The van der Waals surface area contributed by atoms with Gasteiger partial charge in [0.25, 0.3) is 5.56 Å². The molecule has 4 rings (SSSR count). The molecule has 0 unspecified atom stereocenters. The minimum atomic E-state index is -0.566. The molecule has 9 heteroatoms. The van der Waals surface area contributed by atoms with Gasteiger partial charge < -0.3 is 9.84 Å². The molecule has 1 aliphatic rings. The maximum atomic E-state index is 13.2. The van der Waals surface area contributed by atoms with Crippen LogP contribution in [0.5, 0.6) is 0 Å². The van der Waals surface area contributed by atoms with E-state index in [4.69, 9.17) is 4.52 Å². The summed E-state index contributed by atoms with van der Waals surface area (Å²) in [7, 11) is 0. The lowest BCUT2D eigenvalue weighted by atomic mass is 10.1. The number of amides is 1. The molecule has 0 saturated heterocycles. The van der Waals surface area contributed by atoms with E-state index in [1.807, 2.05) is 30.3 Å². The standard InChI is InChI=1S/C21H23N5O4/c1-14-23-19(24-30-14)18-16-10-6-3-7-11-25(16)21(29)26(20(18)28)13-17(27)22-12-15-8-4-2-5-9-15/h2,4-5,8-9H,3,6-7,10-13H2,1H3,(H,22,27). The number of carbonyl (C=O) groups excluding carboxylic acids is 1. The lowest BCUT2D eigenvalue weighted by Crippen LogP contribution is -2.45. The number of aryl methyl sites for hydroxylation is 1. The van der Waals surface area contributed by atoms with Gasteiger partial charge >= 0.3 is 5.69 Å². The second-order valence-corrected chi connectivity index (χ2v) is 7.36. The summed E-state index contributed by atoms with van der Waals surface area (Å²) in [6.07, 6.45) is 3.23. The van der Waals surface area contributed by atoms with Gasteiger partial charge in [0.15, 0.2) is 0 Å². The van der Waals surface area contributed by atoms with Crippen molar-refractivity contribution in [2.24, 2.45) is 0 Å².